The molecule has 4 rings (SSSR count). The van der Waals surface area contributed by atoms with Crippen molar-refractivity contribution < 1.29 is 30.0 Å². The van der Waals surface area contributed by atoms with Crippen LogP contribution in [0.5, 0.6) is 5.75 Å². The van der Waals surface area contributed by atoms with Gasteiger partial charge >= 0.3 is 0 Å². The Morgan fingerprint density at radius 3 is 2.31 bits per heavy atom. The van der Waals surface area contributed by atoms with Crippen LogP contribution in [0.25, 0.3) is 0 Å². The first-order valence-electron chi connectivity index (χ1n) is 17.7. The van der Waals surface area contributed by atoms with E-state index in [2.05, 4.69) is 13.0 Å². The summed E-state index contributed by atoms with van der Waals surface area (Å²) < 4.78 is 0. The molecule has 8 heteroatoms. The molecule has 2 aromatic rings. The van der Waals surface area contributed by atoms with Crippen LogP contribution in [-0.4, -0.2) is 80.0 Å². The lowest BCUT2D eigenvalue weighted by Gasteiger charge is -2.41. The lowest BCUT2D eigenvalue weighted by molar-refractivity contribution is -0.141. The number of nitrogens with zero attached hydrogens (tertiary/aromatic N) is 2. The zero-order chi connectivity index (χ0) is 34.9. The maximum atomic E-state index is 14.1. The topological polar surface area (TPSA) is 122 Å². The van der Waals surface area contributed by atoms with Gasteiger partial charge in [0.2, 0.25) is 5.91 Å². The molecule has 1 fully saturated rings. The summed E-state index contributed by atoms with van der Waals surface area (Å²) >= 11 is 0. The van der Waals surface area contributed by atoms with E-state index < -0.39 is 17.6 Å². The molecular weight excluding hydrogens is 604 g/mol. The summed E-state index contributed by atoms with van der Waals surface area (Å²) in [6.45, 7) is 8.22. The van der Waals surface area contributed by atoms with Gasteiger partial charge in [0.15, 0.2) is 0 Å². The van der Waals surface area contributed by atoms with Crippen LogP contribution in [0.3, 0.4) is 0 Å². The van der Waals surface area contributed by atoms with Crippen molar-refractivity contribution in [2.45, 2.75) is 103 Å². The molecule has 48 heavy (non-hydrogen) atoms. The standard InChI is InChI=1S/C40H56N2O6/c1-5-40(20-8-9-21-40)42(23-25-44)38(48)36-11-7-6-10-31(36)14-17-35(46)28-30-13-12-29(2)26-32(27-30)37(47)41(22-24-43)39(3,4)33-15-18-34(45)19-16-33/h6-7,10-13,15-16,18-19,26,30,32,35,43-46H,5,8-9,14,17,20-25,27-28H2,1-4H3. The Balaban J connectivity index is 1.45. The minimum Gasteiger partial charge on any atom is -0.508 e. The molecule has 8 nitrogen and oxygen atoms in total. The number of β-amino-alcohol motifs (C(OH)–C–C–N with tert-alkyl or cyclic N) is 1. The molecule has 0 aliphatic heterocycles. The molecule has 4 N–H and O–H groups in total. The highest BCUT2D eigenvalue weighted by atomic mass is 16.3. The Morgan fingerprint density at radius 1 is 1.00 bits per heavy atom. The van der Waals surface area contributed by atoms with Crippen molar-refractivity contribution >= 4 is 11.8 Å². The van der Waals surface area contributed by atoms with E-state index in [1.165, 1.54) is 0 Å². The molecule has 0 aromatic heterocycles. The van der Waals surface area contributed by atoms with Gasteiger partial charge in [-0.3, -0.25) is 9.59 Å². The molecule has 2 aliphatic rings. The van der Waals surface area contributed by atoms with Crippen molar-refractivity contribution in [3.63, 3.8) is 0 Å². The molecule has 1 saturated carbocycles. The number of hydrogen-bond acceptors (Lipinski definition) is 6. The molecule has 0 spiro atoms. The zero-order valence-electron chi connectivity index (χ0n) is 29.3. The second kappa shape index (κ2) is 16.8. The van der Waals surface area contributed by atoms with Gasteiger partial charge in [-0.2, -0.15) is 0 Å². The smallest absolute Gasteiger partial charge is 0.254 e. The predicted octanol–water partition coefficient (Wildman–Crippen LogP) is 6.13. The molecule has 2 amide bonds. The summed E-state index contributed by atoms with van der Waals surface area (Å²) in [5, 5.41) is 40.9. The van der Waals surface area contributed by atoms with Crippen LogP contribution in [0.1, 0.15) is 101 Å². The van der Waals surface area contributed by atoms with Crippen LogP contribution in [0.2, 0.25) is 0 Å². The van der Waals surface area contributed by atoms with E-state index in [0.29, 0.717) is 37.8 Å². The number of amides is 2. The third kappa shape index (κ3) is 8.76. The maximum absolute atomic E-state index is 14.1. The summed E-state index contributed by atoms with van der Waals surface area (Å²) in [5.74, 6) is -0.458. The number of allylic oxidation sites excluding steroid dienone is 3. The Kier molecular flexibility index (Phi) is 13.1. The van der Waals surface area contributed by atoms with E-state index in [0.717, 1.165) is 48.8 Å². The molecule has 0 heterocycles. The van der Waals surface area contributed by atoms with E-state index in [-0.39, 0.29) is 48.8 Å². The van der Waals surface area contributed by atoms with Gasteiger partial charge in [0.05, 0.1) is 30.8 Å². The fraction of sp³-hybridized carbons (Fsp3) is 0.550. The molecular formula is C40H56N2O6. The lowest BCUT2D eigenvalue weighted by Crippen LogP contribution is -2.51. The van der Waals surface area contributed by atoms with Crippen molar-refractivity contribution in [1.82, 2.24) is 9.80 Å². The van der Waals surface area contributed by atoms with Crippen molar-refractivity contribution in [3.05, 3.63) is 89.0 Å². The summed E-state index contributed by atoms with van der Waals surface area (Å²) in [5.41, 5.74) is 2.42. The monoisotopic (exact) mass is 660 g/mol. The van der Waals surface area contributed by atoms with Gasteiger partial charge in [-0.1, -0.05) is 73.9 Å². The molecule has 3 atom stereocenters. The molecule has 0 bridgehead atoms. The van der Waals surface area contributed by atoms with Gasteiger partial charge in [-0.05, 0) is 101 Å². The van der Waals surface area contributed by atoms with Crippen LogP contribution in [0, 0.1) is 11.8 Å². The van der Waals surface area contributed by atoms with Crippen molar-refractivity contribution in [2.24, 2.45) is 11.8 Å². The number of carbonyl (C=O) groups excluding carboxylic acids is 2. The maximum Gasteiger partial charge on any atom is 0.254 e. The molecule has 0 radical (unpaired) electrons. The van der Waals surface area contributed by atoms with Crippen LogP contribution < -0.4 is 0 Å². The quantitative estimate of drug-likeness (QED) is 0.183. The minimum absolute atomic E-state index is 0.0425. The lowest BCUT2D eigenvalue weighted by atomic mass is 9.86. The first-order chi connectivity index (χ1) is 22.9. The third-order valence-electron chi connectivity index (χ3n) is 10.7. The number of aromatic hydroxyl groups is 1. The highest BCUT2D eigenvalue weighted by Crippen LogP contribution is 2.39. The molecule has 262 valence electrons. The largest absolute Gasteiger partial charge is 0.508 e. The van der Waals surface area contributed by atoms with E-state index >= 15 is 0 Å². The first kappa shape index (κ1) is 37.4. The van der Waals surface area contributed by atoms with E-state index in [1.807, 2.05) is 62.1 Å². The number of rotatable bonds is 15. The summed E-state index contributed by atoms with van der Waals surface area (Å²) in [6, 6.07) is 14.4. The van der Waals surface area contributed by atoms with Crippen LogP contribution in [0.4, 0.5) is 0 Å². The number of phenolic OH excluding ortho intramolecular Hbond substituents is 1. The normalized spacial score (nSPS) is 19.8. The fourth-order valence-corrected chi connectivity index (χ4v) is 7.85. The Hall–Kier alpha value is -3.46. The van der Waals surface area contributed by atoms with Gasteiger partial charge in [0, 0.05) is 24.2 Å². The van der Waals surface area contributed by atoms with Crippen molar-refractivity contribution in [3.8, 4) is 5.75 Å². The van der Waals surface area contributed by atoms with Crippen LogP contribution >= 0.6 is 0 Å². The highest BCUT2D eigenvalue weighted by molar-refractivity contribution is 5.96. The van der Waals surface area contributed by atoms with Crippen molar-refractivity contribution in [2.75, 3.05) is 26.3 Å². The van der Waals surface area contributed by atoms with E-state index in [4.69, 9.17) is 0 Å². The summed E-state index contributed by atoms with van der Waals surface area (Å²) in [7, 11) is 0. The third-order valence-corrected chi connectivity index (χ3v) is 10.7. The molecule has 3 unspecified atom stereocenters. The van der Waals surface area contributed by atoms with Gasteiger partial charge in [0.1, 0.15) is 5.75 Å². The predicted molar refractivity (Wildman–Crippen MR) is 189 cm³/mol. The number of hydrogen-bond donors (Lipinski definition) is 4. The van der Waals surface area contributed by atoms with Crippen LogP contribution in [-0.2, 0) is 16.8 Å². The number of aryl methyl sites for hydroxylation is 1. The Morgan fingerprint density at radius 2 is 1.67 bits per heavy atom. The van der Waals surface area contributed by atoms with Gasteiger partial charge in [-0.25, -0.2) is 0 Å². The SMILES string of the molecule is CCC1(N(CCO)C(=O)c2ccccc2CCC(O)CC2C=CC(C)=CC(C(=O)N(CCO)C(C)(C)c3ccc(O)cc3)C2)CCCC1. The highest BCUT2D eigenvalue weighted by Gasteiger charge is 2.41. The summed E-state index contributed by atoms with van der Waals surface area (Å²) in [4.78, 5) is 31.7. The number of benzene rings is 2. The van der Waals surface area contributed by atoms with Crippen LogP contribution in [0.15, 0.2) is 72.3 Å². The average Bonchev–Trinajstić information content (AvgIpc) is 3.49. The van der Waals surface area contributed by atoms with E-state index in [9.17, 15) is 30.0 Å². The molecule has 2 aliphatic carbocycles. The fourth-order valence-electron chi connectivity index (χ4n) is 7.85. The molecule has 0 saturated heterocycles. The first-order valence-corrected chi connectivity index (χ1v) is 17.7. The average molecular weight is 661 g/mol. The number of phenols is 1. The second-order valence-corrected chi connectivity index (χ2v) is 14.2. The Labute approximate surface area is 286 Å². The zero-order valence-corrected chi connectivity index (χ0v) is 29.3. The van der Waals surface area contributed by atoms with Gasteiger partial charge in [0.25, 0.3) is 5.91 Å². The minimum atomic E-state index is -0.726. The summed E-state index contributed by atoms with van der Waals surface area (Å²) in [6.07, 6.45) is 12.4. The number of aliphatic hydroxyl groups excluding tert-OH is 3. The number of aliphatic hydroxyl groups is 3. The number of carbonyl (C=O) groups is 2. The van der Waals surface area contributed by atoms with Gasteiger partial charge < -0.3 is 30.2 Å². The Bertz CT molecular complexity index is 1430. The van der Waals surface area contributed by atoms with Crippen molar-refractivity contribution in [1.29, 1.82) is 0 Å². The molecule has 2 aromatic carbocycles. The van der Waals surface area contributed by atoms with E-state index in [1.54, 1.807) is 29.2 Å². The van der Waals surface area contributed by atoms with Gasteiger partial charge in [-0.15, -0.1) is 0 Å². The second-order valence-electron chi connectivity index (χ2n) is 14.2.